The zero-order valence-electron chi connectivity index (χ0n) is 11.2. The van der Waals surface area contributed by atoms with Crippen molar-refractivity contribution in [3.63, 3.8) is 0 Å². The Morgan fingerprint density at radius 2 is 1.94 bits per heavy atom. The molecule has 0 aliphatic rings. The lowest BCUT2D eigenvalue weighted by molar-refractivity contribution is 0.197. The molecule has 1 aromatic rings. The van der Waals surface area contributed by atoms with E-state index in [-0.39, 0.29) is 11.9 Å². The number of rotatable bonds is 5. The van der Waals surface area contributed by atoms with Gasteiger partial charge < -0.3 is 10.6 Å². The van der Waals surface area contributed by atoms with Crippen molar-refractivity contribution < 1.29 is 4.39 Å². The molecule has 2 N–H and O–H groups in total. The quantitative estimate of drug-likeness (QED) is 0.854. The van der Waals surface area contributed by atoms with Crippen molar-refractivity contribution in [1.82, 2.24) is 4.90 Å². The van der Waals surface area contributed by atoms with Gasteiger partial charge in [-0.3, -0.25) is 0 Å². The third-order valence-electron chi connectivity index (χ3n) is 3.42. The number of nitrogens with two attached hydrogens (primary N) is 1. The van der Waals surface area contributed by atoms with E-state index in [2.05, 4.69) is 32.7 Å². The van der Waals surface area contributed by atoms with Crippen LogP contribution in [0.25, 0.3) is 0 Å². The second-order valence-corrected chi connectivity index (χ2v) is 5.09. The van der Waals surface area contributed by atoms with Crippen LogP contribution >= 0.6 is 0 Å². The topological polar surface area (TPSA) is 29.3 Å². The summed E-state index contributed by atoms with van der Waals surface area (Å²) in [6.07, 6.45) is 0. The first-order chi connectivity index (χ1) is 7.91. The van der Waals surface area contributed by atoms with Gasteiger partial charge in [0.2, 0.25) is 0 Å². The lowest BCUT2D eigenvalue weighted by atomic mass is 10.0. The molecule has 96 valence electrons. The average molecular weight is 238 g/mol. The van der Waals surface area contributed by atoms with Gasteiger partial charge in [0.1, 0.15) is 5.82 Å². The van der Waals surface area contributed by atoms with E-state index in [9.17, 15) is 4.39 Å². The van der Waals surface area contributed by atoms with E-state index in [0.29, 0.717) is 12.0 Å². The SMILES string of the molecule is CC(C)C(C)N(C)CC(N)c1cccc(F)c1. The Morgan fingerprint density at radius 3 is 2.47 bits per heavy atom. The number of benzene rings is 1. The normalized spacial score (nSPS) is 15.3. The van der Waals surface area contributed by atoms with Gasteiger partial charge in [-0.15, -0.1) is 0 Å². The Bertz CT molecular complexity index is 352. The van der Waals surface area contributed by atoms with Crippen molar-refractivity contribution >= 4 is 0 Å². The highest BCUT2D eigenvalue weighted by Crippen LogP contribution is 2.15. The first kappa shape index (κ1) is 14.1. The Kier molecular flexibility index (Phi) is 5.09. The van der Waals surface area contributed by atoms with Crippen LogP contribution in [0.1, 0.15) is 32.4 Å². The molecule has 1 aromatic carbocycles. The van der Waals surface area contributed by atoms with Crippen molar-refractivity contribution in [3.8, 4) is 0 Å². The lowest BCUT2D eigenvalue weighted by Crippen LogP contribution is -2.38. The van der Waals surface area contributed by atoms with Gasteiger partial charge in [-0.1, -0.05) is 26.0 Å². The number of halogens is 1. The number of likely N-dealkylation sites (N-methyl/N-ethyl adjacent to an activating group) is 1. The molecule has 0 aliphatic carbocycles. The minimum Gasteiger partial charge on any atom is -0.323 e. The van der Waals surface area contributed by atoms with Crippen LogP contribution in [0.5, 0.6) is 0 Å². The van der Waals surface area contributed by atoms with E-state index >= 15 is 0 Å². The van der Waals surface area contributed by atoms with E-state index in [1.54, 1.807) is 6.07 Å². The molecular formula is C14H23FN2. The van der Waals surface area contributed by atoms with Crippen molar-refractivity contribution in [2.45, 2.75) is 32.9 Å². The van der Waals surface area contributed by atoms with E-state index in [1.165, 1.54) is 12.1 Å². The predicted octanol–water partition coefficient (Wildman–Crippen LogP) is 2.80. The fourth-order valence-electron chi connectivity index (χ4n) is 1.83. The van der Waals surface area contributed by atoms with Gasteiger partial charge in [0.25, 0.3) is 0 Å². The Labute approximate surface area is 104 Å². The highest BCUT2D eigenvalue weighted by Gasteiger charge is 2.16. The van der Waals surface area contributed by atoms with E-state index < -0.39 is 0 Å². The molecule has 0 saturated carbocycles. The Morgan fingerprint density at radius 1 is 1.29 bits per heavy atom. The lowest BCUT2D eigenvalue weighted by Gasteiger charge is -2.30. The summed E-state index contributed by atoms with van der Waals surface area (Å²) >= 11 is 0. The van der Waals surface area contributed by atoms with Crippen LogP contribution < -0.4 is 5.73 Å². The fraction of sp³-hybridized carbons (Fsp3) is 0.571. The molecule has 0 fully saturated rings. The van der Waals surface area contributed by atoms with Crippen molar-refractivity contribution in [3.05, 3.63) is 35.6 Å². The first-order valence-corrected chi connectivity index (χ1v) is 6.13. The third kappa shape index (κ3) is 4.10. The van der Waals surface area contributed by atoms with Gasteiger partial charge in [-0.25, -0.2) is 4.39 Å². The molecule has 17 heavy (non-hydrogen) atoms. The maximum Gasteiger partial charge on any atom is 0.123 e. The maximum atomic E-state index is 13.1. The van der Waals surface area contributed by atoms with E-state index in [0.717, 1.165) is 12.1 Å². The summed E-state index contributed by atoms with van der Waals surface area (Å²) in [5, 5.41) is 0. The van der Waals surface area contributed by atoms with E-state index in [4.69, 9.17) is 5.73 Å². The third-order valence-corrected chi connectivity index (χ3v) is 3.42. The van der Waals surface area contributed by atoms with Gasteiger partial charge in [0.05, 0.1) is 0 Å². The number of hydrogen-bond donors (Lipinski definition) is 1. The molecule has 3 heteroatoms. The van der Waals surface area contributed by atoms with Crippen LogP contribution in [0.3, 0.4) is 0 Å². The zero-order valence-corrected chi connectivity index (χ0v) is 11.2. The molecule has 0 heterocycles. The predicted molar refractivity (Wildman–Crippen MR) is 70.3 cm³/mol. The summed E-state index contributed by atoms with van der Waals surface area (Å²) in [5.74, 6) is 0.359. The second-order valence-electron chi connectivity index (χ2n) is 5.09. The van der Waals surface area contributed by atoms with Gasteiger partial charge in [0, 0.05) is 18.6 Å². The number of hydrogen-bond acceptors (Lipinski definition) is 2. The Hall–Kier alpha value is -0.930. The maximum absolute atomic E-state index is 13.1. The number of nitrogens with zero attached hydrogens (tertiary/aromatic N) is 1. The summed E-state index contributed by atoms with van der Waals surface area (Å²) in [6.45, 7) is 7.30. The fourth-order valence-corrected chi connectivity index (χ4v) is 1.83. The molecule has 0 aliphatic heterocycles. The molecule has 0 bridgehead atoms. The van der Waals surface area contributed by atoms with Crippen LogP contribution in [0.4, 0.5) is 4.39 Å². The molecular weight excluding hydrogens is 215 g/mol. The van der Waals surface area contributed by atoms with Crippen molar-refractivity contribution in [2.75, 3.05) is 13.6 Å². The molecule has 2 atom stereocenters. The largest absolute Gasteiger partial charge is 0.323 e. The Balaban J connectivity index is 2.63. The molecule has 2 unspecified atom stereocenters. The summed E-state index contributed by atoms with van der Waals surface area (Å²) in [7, 11) is 2.06. The van der Waals surface area contributed by atoms with Crippen LogP contribution in [-0.2, 0) is 0 Å². The van der Waals surface area contributed by atoms with Crippen molar-refractivity contribution in [1.29, 1.82) is 0 Å². The zero-order chi connectivity index (χ0) is 13.0. The summed E-state index contributed by atoms with van der Waals surface area (Å²) < 4.78 is 13.1. The molecule has 2 nitrogen and oxygen atoms in total. The highest BCUT2D eigenvalue weighted by atomic mass is 19.1. The molecule has 0 aromatic heterocycles. The molecule has 0 spiro atoms. The molecule has 0 amide bonds. The van der Waals surface area contributed by atoms with E-state index in [1.807, 2.05) is 6.07 Å². The van der Waals surface area contributed by atoms with Crippen molar-refractivity contribution in [2.24, 2.45) is 11.7 Å². The monoisotopic (exact) mass is 238 g/mol. The highest BCUT2D eigenvalue weighted by molar-refractivity contribution is 5.20. The van der Waals surface area contributed by atoms with Gasteiger partial charge in [0.15, 0.2) is 0 Å². The van der Waals surface area contributed by atoms with Gasteiger partial charge in [-0.2, -0.15) is 0 Å². The van der Waals surface area contributed by atoms with Crippen LogP contribution in [-0.4, -0.2) is 24.5 Å². The minimum absolute atomic E-state index is 0.142. The first-order valence-electron chi connectivity index (χ1n) is 6.13. The van der Waals surface area contributed by atoms with Gasteiger partial charge >= 0.3 is 0 Å². The minimum atomic E-state index is -0.225. The average Bonchev–Trinajstić information content (AvgIpc) is 2.27. The van der Waals surface area contributed by atoms with Crippen LogP contribution in [0.15, 0.2) is 24.3 Å². The second kappa shape index (κ2) is 6.12. The summed E-state index contributed by atoms with van der Waals surface area (Å²) in [5.41, 5.74) is 6.95. The smallest absolute Gasteiger partial charge is 0.123 e. The van der Waals surface area contributed by atoms with Crippen LogP contribution in [0.2, 0.25) is 0 Å². The molecule has 0 saturated heterocycles. The van der Waals surface area contributed by atoms with Gasteiger partial charge in [-0.05, 0) is 37.6 Å². The van der Waals surface area contributed by atoms with Crippen LogP contribution in [0, 0.1) is 11.7 Å². The summed E-state index contributed by atoms with van der Waals surface area (Å²) in [6, 6.07) is 6.86. The molecule has 0 radical (unpaired) electrons. The summed E-state index contributed by atoms with van der Waals surface area (Å²) in [4.78, 5) is 2.22. The molecule has 1 rings (SSSR count). The standard InChI is InChI=1S/C14H23FN2/c1-10(2)11(3)17(4)9-14(16)12-6-5-7-13(15)8-12/h5-8,10-11,14H,9,16H2,1-4H3.